The zero-order valence-corrected chi connectivity index (χ0v) is 9.55. The van der Waals surface area contributed by atoms with E-state index in [0.29, 0.717) is 0 Å². The normalized spacial score (nSPS) is 12.7. The van der Waals surface area contributed by atoms with Crippen LogP contribution in [0.2, 0.25) is 5.02 Å². The van der Waals surface area contributed by atoms with Crippen molar-refractivity contribution in [2.75, 3.05) is 0 Å². The van der Waals surface area contributed by atoms with Gasteiger partial charge < -0.3 is 4.98 Å². The topological polar surface area (TPSA) is 28.7 Å². The highest BCUT2D eigenvalue weighted by Crippen LogP contribution is 2.28. The Morgan fingerprint density at radius 2 is 2.20 bits per heavy atom. The highest BCUT2D eigenvalue weighted by atomic mass is 35.5. The van der Waals surface area contributed by atoms with Crippen molar-refractivity contribution in [3.8, 4) is 0 Å². The van der Waals surface area contributed by atoms with Crippen molar-refractivity contribution in [2.45, 2.75) is 19.8 Å². The number of nitrogens with zero attached hydrogens (tertiary/aromatic N) is 1. The molecule has 1 aromatic heterocycles. The molecule has 2 aromatic rings. The predicted octanol–water partition coefficient (Wildman–Crippen LogP) is 3.52. The molecule has 1 unspecified atom stereocenters. The number of aromatic amines is 1. The molecule has 0 spiro atoms. The molecule has 0 saturated heterocycles. The summed E-state index contributed by atoms with van der Waals surface area (Å²) in [4.78, 5) is 7.39. The standard InChI is InChI=1S/C12H13ClN2/c1-8-10(4-3-5-11(8)13)9(2)12-14-6-7-15-12/h3-7,9H,1-2H3,(H,14,15). The van der Waals surface area contributed by atoms with E-state index in [-0.39, 0.29) is 5.92 Å². The molecule has 78 valence electrons. The maximum absolute atomic E-state index is 6.09. The van der Waals surface area contributed by atoms with Crippen LogP contribution in [0.1, 0.15) is 29.8 Å². The van der Waals surface area contributed by atoms with Crippen LogP contribution in [0, 0.1) is 6.92 Å². The molecule has 2 rings (SSSR count). The Morgan fingerprint density at radius 3 is 2.87 bits per heavy atom. The Bertz CT molecular complexity index is 449. The minimum Gasteiger partial charge on any atom is -0.348 e. The van der Waals surface area contributed by atoms with Crippen molar-refractivity contribution >= 4 is 11.6 Å². The third-order valence-electron chi connectivity index (χ3n) is 2.71. The van der Waals surface area contributed by atoms with Crippen LogP contribution in [0.4, 0.5) is 0 Å². The van der Waals surface area contributed by atoms with E-state index in [4.69, 9.17) is 11.6 Å². The van der Waals surface area contributed by atoms with Gasteiger partial charge in [-0.3, -0.25) is 0 Å². The first-order valence-corrected chi connectivity index (χ1v) is 5.32. The maximum Gasteiger partial charge on any atom is 0.113 e. The van der Waals surface area contributed by atoms with Crippen LogP contribution in [-0.2, 0) is 0 Å². The van der Waals surface area contributed by atoms with Crippen molar-refractivity contribution in [3.63, 3.8) is 0 Å². The number of rotatable bonds is 2. The summed E-state index contributed by atoms with van der Waals surface area (Å²) in [6.07, 6.45) is 3.61. The molecule has 3 heteroatoms. The zero-order chi connectivity index (χ0) is 10.8. The monoisotopic (exact) mass is 220 g/mol. The van der Waals surface area contributed by atoms with Gasteiger partial charge in [0.1, 0.15) is 5.82 Å². The van der Waals surface area contributed by atoms with Crippen molar-refractivity contribution in [1.82, 2.24) is 9.97 Å². The van der Waals surface area contributed by atoms with Gasteiger partial charge in [-0.1, -0.05) is 30.7 Å². The van der Waals surface area contributed by atoms with Gasteiger partial charge in [0.05, 0.1) is 0 Å². The number of nitrogens with one attached hydrogen (secondary N) is 1. The zero-order valence-electron chi connectivity index (χ0n) is 8.79. The summed E-state index contributed by atoms with van der Waals surface area (Å²) < 4.78 is 0. The first kappa shape index (κ1) is 10.2. The van der Waals surface area contributed by atoms with Crippen molar-refractivity contribution < 1.29 is 0 Å². The summed E-state index contributed by atoms with van der Waals surface area (Å²) >= 11 is 6.09. The molecule has 15 heavy (non-hydrogen) atoms. The highest BCUT2D eigenvalue weighted by Gasteiger charge is 2.13. The number of hydrogen-bond donors (Lipinski definition) is 1. The lowest BCUT2D eigenvalue weighted by Crippen LogP contribution is -2.01. The van der Waals surface area contributed by atoms with Gasteiger partial charge in [-0.2, -0.15) is 0 Å². The smallest absolute Gasteiger partial charge is 0.113 e. The largest absolute Gasteiger partial charge is 0.348 e. The summed E-state index contributed by atoms with van der Waals surface area (Å²) in [5.41, 5.74) is 2.35. The summed E-state index contributed by atoms with van der Waals surface area (Å²) in [5.74, 6) is 1.22. The summed E-state index contributed by atoms with van der Waals surface area (Å²) in [7, 11) is 0. The second kappa shape index (κ2) is 4.07. The number of halogens is 1. The molecule has 0 saturated carbocycles. The Hall–Kier alpha value is -1.28. The summed E-state index contributed by atoms with van der Waals surface area (Å²) in [6.45, 7) is 4.16. The van der Waals surface area contributed by atoms with E-state index < -0.39 is 0 Å². The minimum absolute atomic E-state index is 0.249. The van der Waals surface area contributed by atoms with E-state index in [9.17, 15) is 0 Å². The van der Waals surface area contributed by atoms with Gasteiger partial charge in [-0.15, -0.1) is 0 Å². The Morgan fingerprint density at radius 1 is 1.40 bits per heavy atom. The second-order valence-electron chi connectivity index (χ2n) is 3.65. The summed E-state index contributed by atoms with van der Waals surface area (Å²) in [6, 6.07) is 5.98. The SMILES string of the molecule is Cc1c(Cl)cccc1C(C)c1ncc[nH]1. The predicted molar refractivity (Wildman–Crippen MR) is 62.3 cm³/mol. The number of hydrogen-bond acceptors (Lipinski definition) is 1. The molecule has 1 N–H and O–H groups in total. The molecule has 0 aliphatic carbocycles. The molecule has 0 aliphatic heterocycles. The van der Waals surface area contributed by atoms with Crippen molar-refractivity contribution in [3.05, 3.63) is 52.6 Å². The van der Waals surface area contributed by atoms with E-state index in [0.717, 1.165) is 16.4 Å². The van der Waals surface area contributed by atoms with E-state index in [2.05, 4.69) is 23.0 Å². The van der Waals surface area contributed by atoms with Gasteiger partial charge in [0.25, 0.3) is 0 Å². The van der Waals surface area contributed by atoms with Gasteiger partial charge in [0.15, 0.2) is 0 Å². The first-order valence-electron chi connectivity index (χ1n) is 4.94. The van der Waals surface area contributed by atoms with E-state index >= 15 is 0 Å². The number of aromatic nitrogens is 2. The van der Waals surface area contributed by atoms with Gasteiger partial charge >= 0.3 is 0 Å². The van der Waals surface area contributed by atoms with E-state index in [1.54, 1.807) is 6.20 Å². The molecular weight excluding hydrogens is 208 g/mol. The third kappa shape index (κ3) is 1.90. The van der Waals surface area contributed by atoms with Crippen molar-refractivity contribution in [1.29, 1.82) is 0 Å². The molecule has 1 heterocycles. The van der Waals surface area contributed by atoms with Gasteiger partial charge in [-0.05, 0) is 24.1 Å². The van der Waals surface area contributed by atoms with E-state index in [1.807, 2.05) is 25.3 Å². The lowest BCUT2D eigenvalue weighted by atomic mass is 9.96. The molecule has 0 fully saturated rings. The van der Waals surface area contributed by atoms with Crippen LogP contribution in [0.3, 0.4) is 0 Å². The average Bonchev–Trinajstić information content (AvgIpc) is 2.74. The molecular formula is C12H13ClN2. The molecule has 0 amide bonds. The molecule has 1 aromatic carbocycles. The summed E-state index contributed by atoms with van der Waals surface area (Å²) in [5, 5.41) is 0.811. The number of imidazole rings is 1. The average molecular weight is 221 g/mol. The van der Waals surface area contributed by atoms with E-state index in [1.165, 1.54) is 5.56 Å². The van der Waals surface area contributed by atoms with Crippen LogP contribution in [-0.4, -0.2) is 9.97 Å². The Labute approximate surface area is 94.3 Å². The fourth-order valence-corrected chi connectivity index (χ4v) is 1.94. The first-order chi connectivity index (χ1) is 7.20. The molecule has 2 nitrogen and oxygen atoms in total. The van der Waals surface area contributed by atoms with Gasteiger partial charge in [-0.25, -0.2) is 4.98 Å². The van der Waals surface area contributed by atoms with Gasteiger partial charge in [0, 0.05) is 23.3 Å². The van der Waals surface area contributed by atoms with Crippen LogP contribution in [0.5, 0.6) is 0 Å². The molecule has 0 radical (unpaired) electrons. The Balaban J connectivity index is 2.42. The second-order valence-corrected chi connectivity index (χ2v) is 4.06. The molecule has 0 bridgehead atoms. The quantitative estimate of drug-likeness (QED) is 0.824. The maximum atomic E-state index is 6.09. The van der Waals surface area contributed by atoms with Crippen LogP contribution in [0.25, 0.3) is 0 Å². The lowest BCUT2D eigenvalue weighted by Gasteiger charge is -2.13. The van der Waals surface area contributed by atoms with Gasteiger partial charge in [0.2, 0.25) is 0 Å². The fraction of sp³-hybridized carbons (Fsp3) is 0.250. The van der Waals surface area contributed by atoms with Crippen LogP contribution in [0.15, 0.2) is 30.6 Å². The molecule has 0 aliphatic rings. The Kier molecular flexibility index (Phi) is 2.78. The number of H-pyrrole nitrogens is 1. The highest BCUT2D eigenvalue weighted by molar-refractivity contribution is 6.31. The lowest BCUT2D eigenvalue weighted by molar-refractivity contribution is 0.832. The minimum atomic E-state index is 0.249. The van der Waals surface area contributed by atoms with Crippen LogP contribution < -0.4 is 0 Å². The van der Waals surface area contributed by atoms with Crippen LogP contribution >= 0.6 is 11.6 Å². The number of benzene rings is 1. The fourth-order valence-electron chi connectivity index (χ4n) is 1.75. The van der Waals surface area contributed by atoms with Crippen molar-refractivity contribution in [2.24, 2.45) is 0 Å². The third-order valence-corrected chi connectivity index (χ3v) is 3.12. The molecule has 1 atom stereocenters.